The second kappa shape index (κ2) is 5.96. The minimum atomic E-state index is -0.170. The van der Waals surface area contributed by atoms with Gasteiger partial charge < -0.3 is 0 Å². The SMILES string of the molecule is Cc1nc(NC(=O)c2c(C)nn(-c3ccccc3)c2C)sc1C. The summed E-state index contributed by atoms with van der Waals surface area (Å²) in [4.78, 5) is 18.1. The number of nitrogens with zero attached hydrogens (tertiary/aromatic N) is 3. The average Bonchev–Trinajstić information content (AvgIpc) is 2.99. The third-order valence-electron chi connectivity index (χ3n) is 3.77. The number of rotatable bonds is 3. The fourth-order valence-corrected chi connectivity index (χ4v) is 3.29. The maximum absolute atomic E-state index is 12.6. The lowest BCUT2D eigenvalue weighted by atomic mass is 10.2. The zero-order chi connectivity index (χ0) is 16.6. The number of hydrogen-bond donors (Lipinski definition) is 1. The largest absolute Gasteiger partial charge is 0.298 e. The maximum Gasteiger partial charge on any atom is 0.261 e. The first-order valence-electron chi connectivity index (χ1n) is 7.34. The number of carbonyl (C=O) groups excluding carboxylic acids is 1. The molecule has 1 amide bonds. The maximum atomic E-state index is 12.6. The Morgan fingerprint density at radius 2 is 1.78 bits per heavy atom. The van der Waals surface area contributed by atoms with E-state index in [0.717, 1.165) is 22.0 Å². The van der Waals surface area contributed by atoms with E-state index >= 15 is 0 Å². The van der Waals surface area contributed by atoms with Crippen molar-refractivity contribution in [2.75, 3.05) is 5.32 Å². The van der Waals surface area contributed by atoms with Crippen LogP contribution in [0.4, 0.5) is 5.13 Å². The molecule has 1 aromatic carbocycles. The summed E-state index contributed by atoms with van der Waals surface area (Å²) in [5.41, 5.74) is 4.00. The van der Waals surface area contributed by atoms with Crippen molar-refractivity contribution in [3.63, 3.8) is 0 Å². The van der Waals surface area contributed by atoms with E-state index in [1.807, 2.05) is 58.0 Å². The molecule has 0 aliphatic heterocycles. The van der Waals surface area contributed by atoms with Crippen LogP contribution in [0.3, 0.4) is 0 Å². The van der Waals surface area contributed by atoms with Crippen LogP contribution < -0.4 is 5.32 Å². The van der Waals surface area contributed by atoms with Gasteiger partial charge in [0.2, 0.25) is 0 Å². The van der Waals surface area contributed by atoms with Gasteiger partial charge >= 0.3 is 0 Å². The Balaban J connectivity index is 1.94. The van der Waals surface area contributed by atoms with Gasteiger partial charge in [0.1, 0.15) is 0 Å². The number of amides is 1. The van der Waals surface area contributed by atoms with Crippen molar-refractivity contribution in [3.05, 3.63) is 57.9 Å². The molecule has 0 aliphatic rings. The van der Waals surface area contributed by atoms with Crippen LogP contribution in [0.5, 0.6) is 0 Å². The van der Waals surface area contributed by atoms with Crippen molar-refractivity contribution in [2.24, 2.45) is 0 Å². The van der Waals surface area contributed by atoms with Crippen molar-refractivity contribution in [1.82, 2.24) is 14.8 Å². The van der Waals surface area contributed by atoms with E-state index in [1.54, 1.807) is 4.68 Å². The third kappa shape index (κ3) is 2.90. The van der Waals surface area contributed by atoms with Crippen molar-refractivity contribution < 1.29 is 4.79 Å². The highest BCUT2D eigenvalue weighted by molar-refractivity contribution is 7.15. The summed E-state index contributed by atoms with van der Waals surface area (Å²) in [5, 5.41) is 8.01. The molecule has 0 radical (unpaired) electrons. The second-order valence-corrected chi connectivity index (χ2v) is 6.61. The summed E-state index contributed by atoms with van der Waals surface area (Å²) >= 11 is 1.48. The highest BCUT2D eigenvalue weighted by Gasteiger charge is 2.20. The van der Waals surface area contributed by atoms with Crippen molar-refractivity contribution in [1.29, 1.82) is 0 Å². The highest BCUT2D eigenvalue weighted by atomic mass is 32.1. The van der Waals surface area contributed by atoms with Gasteiger partial charge in [0.25, 0.3) is 5.91 Å². The number of thiazole rings is 1. The zero-order valence-corrected chi connectivity index (χ0v) is 14.4. The topological polar surface area (TPSA) is 59.8 Å². The molecule has 0 aliphatic carbocycles. The molecule has 5 nitrogen and oxygen atoms in total. The molecule has 0 bridgehead atoms. The molecule has 0 atom stereocenters. The van der Waals surface area contributed by atoms with E-state index in [4.69, 9.17) is 0 Å². The molecule has 0 spiro atoms. The first kappa shape index (κ1) is 15.4. The van der Waals surface area contributed by atoms with Gasteiger partial charge in [0.15, 0.2) is 5.13 Å². The van der Waals surface area contributed by atoms with Crippen LogP contribution in [0, 0.1) is 27.7 Å². The minimum Gasteiger partial charge on any atom is -0.298 e. The number of hydrogen-bond acceptors (Lipinski definition) is 4. The van der Waals surface area contributed by atoms with Gasteiger partial charge in [-0.1, -0.05) is 18.2 Å². The molecular formula is C17H18N4OS. The van der Waals surface area contributed by atoms with Crippen LogP contribution in [0.1, 0.15) is 32.3 Å². The lowest BCUT2D eigenvalue weighted by Crippen LogP contribution is -2.14. The van der Waals surface area contributed by atoms with Crippen LogP contribution in [-0.4, -0.2) is 20.7 Å². The van der Waals surface area contributed by atoms with E-state index in [-0.39, 0.29) is 5.91 Å². The standard InChI is InChI=1S/C17H18N4OS/c1-10-13(4)23-17(18-10)19-16(22)15-11(2)20-21(12(15)3)14-8-6-5-7-9-14/h5-9H,1-4H3,(H,18,19,22). The molecular weight excluding hydrogens is 308 g/mol. The number of nitrogens with one attached hydrogen (secondary N) is 1. The summed E-state index contributed by atoms with van der Waals surface area (Å²) in [6.45, 7) is 7.68. The summed E-state index contributed by atoms with van der Waals surface area (Å²) in [6, 6.07) is 9.79. The average molecular weight is 326 g/mol. The molecule has 0 fully saturated rings. The molecule has 23 heavy (non-hydrogen) atoms. The fourth-order valence-electron chi connectivity index (χ4n) is 2.48. The molecule has 1 N–H and O–H groups in total. The lowest BCUT2D eigenvalue weighted by Gasteiger charge is -2.05. The molecule has 3 rings (SSSR count). The Morgan fingerprint density at radius 3 is 2.39 bits per heavy atom. The first-order valence-corrected chi connectivity index (χ1v) is 8.16. The fraction of sp³-hybridized carbons (Fsp3) is 0.235. The lowest BCUT2D eigenvalue weighted by molar-refractivity contribution is 0.102. The smallest absolute Gasteiger partial charge is 0.261 e. The molecule has 2 aromatic heterocycles. The molecule has 6 heteroatoms. The number of para-hydroxylation sites is 1. The first-order chi connectivity index (χ1) is 11.0. The second-order valence-electron chi connectivity index (χ2n) is 5.41. The van der Waals surface area contributed by atoms with Crippen molar-refractivity contribution in [2.45, 2.75) is 27.7 Å². The number of benzene rings is 1. The molecule has 0 saturated heterocycles. The van der Waals surface area contributed by atoms with Crippen LogP contribution in [0.15, 0.2) is 30.3 Å². The van der Waals surface area contributed by atoms with Gasteiger partial charge in [-0.3, -0.25) is 10.1 Å². The van der Waals surface area contributed by atoms with Gasteiger partial charge in [-0.15, -0.1) is 11.3 Å². The highest BCUT2D eigenvalue weighted by Crippen LogP contribution is 2.23. The number of aryl methyl sites for hydroxylation is 3. The molecule has 118 valence electrons. The number of carbonyl (C=O) groups is 1. The Labute approximate surface area is 139 Å². The van der Waals surface area contributed by atoms with Gasteiger partial charge in [-0.2, -0.15) is 5.10 Å². The Kier molecular flexibility index (Phi) is 4.00. The normalized spacial score (nSPS) is 10.8. The minimum absolute atomic E-state index is 0.170. The Morgan fingerprint density at radius 1 is 1.09 bits per heavy atom. The van der Waals surface area contributed by atoms with E-state index in [9.17, 15) is 4.79 Å². The van der Waals surface area contributed by atoms with Crippen LogP contribution in [-0.2, 0) is 0 Å². The Hall–Kier alpha value is -2.47. The summed E-state index contributed by atoms with van der Waals surface area (Å²) in [5.74, 6) is -0.170. The number of anilines is 1. The predicted molar refractivity (Wildman–Crippen MR) is 92.6 cm³/mol. The molecule has 3 aromatic rings. The molecule has 0 unspecified atom stereocenters. The summed E-state index contributed by atoms with van der Waals surface area (Å²) in [7, 11) is 0. The molecule has 0 saturated carbocycles. The Bertz CT molecular complexity index is 845. The third-order valence-corrected chi connectivity index (χ3v) is 4.76. The summed E-state index contributed by atoms with van der Waals surface area (Å²) in [6.07, 6.45) is 0. The van der Waals surface area contributed by atoms with Gasteiger partial charge in [0, 0.05) is 4.88 Å². The van der Waals surface area contributed by atoms with E-state index in [2.05, 4.69) is 15.4 Å². The number of aromatic nitrogens is 3. The van der Waals surface area contributed by atoms with Gasteiger partial charge in [-0.25, -0.2) is 9.67 Å². The zero-order valence-electron chi connectivity index (χ0n) is 13.5. The van der Waals surface area contributed by atoms with E-state index in [1.165, 1.54) is 11.3 Å². The quantitative estimate of drug-likeness (QED) is 0.796. The van der Waals surface area contributed by atoms with Crippen molar-refractivity contribution >= 4 is 22.4 Å². The van der Waals surface area contributed by atoms with E-state index in [0.29, 0.717) is 16.4 Å². The van der Waals surface area contributed by atoms with Crippen LogP contribution >= 0.6 is 11.3 Å². The van der Waals surface area contributed by atoms with Crippen molar-refractivity contribution in [3.8, 4) is 5.69 Å². The summed E-state index contributed by atoms with van der Waals surface area (Å²) < 4.78 is 1.79. The van der Waals surface area contributed by atoms with E-state index < -0.39 is 0 Å². The van der Waals surface area contributed by atoms with Crippen LogP contribution in [0.2, 0.25) is 0 Å². The van der Waals surface area contributed by atoms with Gasteiger partial charge in [-0.05, 0) is 39.8 Å². The molecule has 2 heterocycles. The monoisotopic (exact) mass is 326 g/mol. The predicted octanol–water partition coefficient (Wildman–Crippen LogP) is 3.81. The van der Waals surface area contributed by atoms with Crippen LogP contribution in [0.25, 0.3) is 5.69 Å². The van der Waals surface area contributed by atoms with Gasteiger partial charge in [0.05, 0.1) is 28.3 Å².